The zero-order valence-electron chi connectivity index (χ0n) is 8.23. The smallest absolute Gasteiger partial charge is 0.243 e. The molecule has 0 aliphatic carbocycles. The van der Waals surface area contributed by atoms with Crippen molar-refractivity contribution in [2.24, 2.45) is 0 Å². The molecule has 1 rings (SSSR count). The third-order valence-electron chi connectivity index (χ3n) is 1.66. The van der Waals surface area contributed by atoms with Crippen LogP contribution in [0, 0.1) is 0 Å². The molecule has 0 spiro atoms. The second-order valence-corrected chi connectivity index (χ2v) is 2.91. The minimum Gasteiger partial charge on any atom is -0.353 e. The van der Waals surface area contributed by atoms with Gasteiger partial charge in [-0.2, -0.15) is 0 Å². The molecule has 0 saturated carbocycles. The predicted octanol–water partition coefficient (Wildman–Crippen LogP) is 1.62. The highest BCUT2D eigenvalue weighted by atomic mass is 16.1. The number of pyridine rings is 1. The van der Waals surface area contributed by atoms with E-state index in [1.807, 2.05) is 19.1 Å². The van der Waals surface area contributed by atoms with Crippen LogP contribution in [0.25, 0.3) is 6.08 Å². The van der Waals surface area contributed by atoms with Gasteiger partial charge in [-0.15, -0.1) is 0 Å². The topological polar surface area (TPSA) is 42.0 Å². The molecule has 74 valence electrons. The number of rotatable bonds is 4. The van der Waals surface area contributed by atoms with Gasteiger partial charge in [-0.05, 0) is 24.1 Å². The molecule has 1 aromatic heterocycles. The average molecular weight is 190 g/mol. The summed E-state index contributed by atoms with van der Waals surface area (Å²) in [5, 5.41) is 2.76. The van der Waals surface area contributed by atoms with Gasteiger partial charge < -0.3 is 5.32 Å². The molecule has 1 heterocycles. The van der Waals surface area contributed by atoms with Crippen molar-refractivity contribution in [3.05, 3.63) is 36.2 Å². The first-order valence-electron chi connectivity index (χ1n) is 4.69. The van der Waals surface area contributed by atoms with Crippen molar-refractivity contribution in [1.29, 1.82) is 0 Å². The molecular weight excluding hydrogens is 176 g/mol. The normalized spacial score (nSPS) is 10.4. The van der Waals surface area contributed by atoms with Crippen LogP contribution in [-0.4, -0.2) is 17.4 Å². The molecule has 1 aromatic rings. The van der Waals surface area contributed by atoms with E-state index in [1.54, 1.807) is 18.5 Å². The van der Waals surface area contributed by atoms with E-state index in [0.29, 0.717) is 0 Å². The van der Waals surface area contributed by atoms with E-state index >= 15 is 0 Å². The first kappa shape index (κ1) is 10.4. The quantitative estimate of drug-likeness (QED) is 0.733. The Morgan fingerprint density at radius 3 is 3.14 bits per heavy atom. The number of carbonyl (C=O) groups excluding carboxylic acids is 1. The van der Waals surface area contributed by atoms with Crippen LogP contribution < -0.4 is 5.32 Å². The van der Waals surface area contributed by atoms with Gasteiger partial charge in [0.15, 0.2) is 0 Å². The van der Waals surface area contributed by atoms with Gasteiger partial charge >= 0.3 is 0 Å². The number of amides is 1. The van der Waals surface area contributed by atoms with Gasteiger partial charge in [0, 0.05) is 25.0 Å². The van der Waals surface area contributed by atoms with Crippen molar-refractivity contribution in [2.45, 2.75) is 13.3 Å². The lowest BCUT2D eigenvalue weighted by molar-refractivity contribution is -0.116. The van der Waals surface area contributed by atoms with E-state index in [4.69, 9.17) is 0 Å². The van der Waals surface area contributed by atoms with Crippen LogP contribution in [0.4, 0.5) is 0 Å². The first-order valence-corrected chi connectivity index (χ1v) is 4.69. The van der Waals surface area contributed by atoms with Gasteiger partial charge in [-0.25, -0.2) is 0 Å². The van der Waals surface area contributed by atoms with E-state index < -0.39 is 0 Å². The van der Waals surface area contributed by atoms with Crippen molar-refractivity contribution in [3.63, 3.8) is 0 Å². The van der Waals surface area contributed by atoms with Crippen LogP contribution in [0.3, 0.4) is 0 Å². The molecular formula is C11H14N2O. The summed E-state index contributed by atoms with van der Waals surface area (Å²) >= 11 is 0. The molecule has 1 N–H and O–H groups in total. The van der Waals surface area contributed by atoms with Gasteiger partial charge in [-0.1, -0.05) is 13.0 Å². The SMILES string of the molecule is CCCNC(=O)/C=C/c1cccnc1. The Hall–Kier alpha value is -1.64. The number of hydrogen-bond donors (Lipinski definition) is 1. The zero-order valence-corrected chi connectivity index (χ0v) is 8.23. The molecule has 14 heavy (non-hydrogen) atoms. The van der Waals surface area contributed by atoms with Gasteiger partial charge in [0.2, 0.25) is 5.91 Å². The van der Waals surface area contributed by atoms with E-state index in [1.165, 1.54) is 6.08 Å². The lowest BCUT2D eigenvalue weighted by Gasteiger charge is -1.97. The monoisotopic (exact) mass is 190 g/mol. The first-order chi connectivity index (χ1) is 6.83. The van der Waals surface area contributed by atoms with E-state index in [-0.39, 0.29) is 5.91 Å². The van der Waals surface area contributed by atoms with Crippen LogP contribution >= 0.6 is 0 Å². The van der Waals surface area contributed by atoms with E-state index in [9.17, 15) is 4.79 Å². The highest BCUT2D eigenvalue weighted by molar-refractivity contribution is 5.91. The summed E-state index contributed by atoms with van der Waals surface area (Å²) in [7, 11) is 0. The van der Waals surface area contributed by atoms with Crippen molar-refractivity contribution in [3.8, 4) is 0 Å². The molecule has 0 bridgehead atoms. The predicted molar refractivity (Wildman–Crippen MR) is 56.6 cm³/mol. The van der Waals surface area contributed by atoms with Gasteiger partial charge in [0.05, 0.1) is 0 Å². The second-order valence-electron chi connectivity index (χ2n) is 2.91. The third-order valence-corrected chi connectivity index (χ3v) is 1.66. The Bertz CT molecular complexity index is 306. The molecule has 0 aliphatic rings. The Morgan fingerprint density at radius 1 is 1.64 bits per heavy atom. The van der Waals surface area contributed by atoms with Crippen molar-refractivity contribution >= 4 is 12.0 Å². The second kappa shape index (κ2) is 5.91. The van der Waals surface area contributed by atoms with Crippen LogP contribution in [0.15, 0.2) is 30.6 Å². The minimum atomic E-state index is -0.0595. The highest BCUT2D eigenvalue weighted by Crippen LogP contribution is 1.97. The lowest BCUT2D eigenvalue weighted by Crippen LogP contribution is -2.21. The molecule has 0 saturated heterocycles. The van der Waals surface area contributed by atoms with Crippen LogP contribution in [-0.2, 0) is 4.79 Å². The Morgan fingerprint density at radius 2 is 2.50 bits per heavy atom. The number of hydrogen-bond acceptors (Lipinski definition) is 2. The minimum absolute atomic E-state index is 0.0595. The van der Waals surface area contributed by atoms with Crippen molar-refractivity contribution in [2.75, 3.05) is 6.54 Å². The van der Waals surface area contributed by atoms with Crippen LogP contribution in [0.5, 0.6) is 0 Å². The fourth-order valence-corrected chi connectivity index (χ4v) is 0.954. The molecule has 3 nitrogen and oxygen atoms in total. The summed E-state index contributed by atoms with van der Waals surface area (Å²) in [4.78, 5) is 15.1. The molecule has 0 atom stereocenters. The third kappa shape index (κ3) is 3.85. The molecule has 0 aliphatic heterocycles. The number of nitrogens with one attached hydrogen (secondary N) is 1. The summed E-state index contributed by atoms with van der Waals surface area (Å²) < 4.78 is 0. The lowest BCUT2D eigenvalue weighted by atomic mass is 10.2. The summed E-state index contributed by atoms with van der Waals surface area (Å²) in [5.41, 5.74) is 0.930. The summed E-state index contributed by atoms with van der Waals surface area (Å²) in [5.74, 6) is -0.0595. The molecule has 1 amide bonds. The number of carbonyl (C=O) groups is 1. The van der Waals surface area contributed by atoms with E-state index in [0.717, 1.165) is 18.5 Å². The molecule has 0 fully saturated rings. The molecule has 0 aromatic carbocycles. The summed E-state index contributed by atoms with van der Waals surface area (Å²) in [6.07, 6.45) is 7.63. The maximum atomic E-state index is 11.2. The van der Waals surface area contributed by atoms with Gasteiger partial charge in [-0.3, -0.25) is 9.78 Å². The molecule has 3 heteroatoms. The van der Waals surface area contributed by atoms with Crippen LogP contribution in [0.1, 0.15) is 18.9 Å². The van der Waals surface area contributed by atoms with Gasteiger partial charge in [0.25, 0.3) is 0 Å². The fraction of sp³-hybridized carbons (Fsp3) is 0.273. The number of nitrogens with zero attached hydrogens (tertiary/aromatic N) is 1. The Balaban J connectivity index is 2.44. The van der Waals surface area contributed by atoms with Crippen molar-refractivity contribution in [1.82, 2.24) is 10.3 Å². The Labute approximate surface area is 83.9 Å². The average Bonchev–Trinajstić information content (AvgIpc) is 2.25. The highest BCUT2D eigenvalue weighted by Gasteiger charge is 1.92. The Kier molecular flexibility index (Phi) is 4.41. The maximum Gasteiger partial charge on any atom is 0.243 e. The standard InChI is InChI=1S/C11H14N2O/c1-2-7-13-11(14)6-5-10-4-3-8-12-9-10/h3-6,8-9H,2,7H2,1H3,(H,13,14)/b6-5+. The van der Waals surface area contributed by atoms with E-state index in [2.05, 4.69) is 10.3 Å². The summed E-state index contributed by atoms with van der Waals surface area (Å²) in [6, 6.07) is 3.74. The van der Waals surface area contributed by atoms with Gasteiger partial charge in [0.1, 0.15) is 0 Å². The largest absolute Gasteiger partial charge is 0.353 e. The zero-order chi connectivity index (χ0) is 10.2. The molecule has 0 unspecified atom stereocenters. The van der Waals surface area contributed by atoms with Crippen molar-refractivity contribution < 1.29 is 4.79 Å². The maximum absolute atomic E-state index is 11.2. The van der Waals surface area contributed by atoms with Crippen LogP contribution in [0.2, 0.25) is 0 Å². The number of aromatic nitrogens is 1. The summed E-state index contributed by atoms with van der Waals surface area (Å²) in [6.45, 7) is 2.74. The molecule has 0 radical (unpaired) electrons. The fourth-order valence-electron chi connectivity index (χ4n) is 0.954.